The van der Waals surface area contributed by atoms with Gasteiger partial charge in [-0.3, -0.25) is 0 Å². The first-order valence-corrected chi connectivity index (χ1v) is 5.50. The molecule has 0 aliphatic rings. The van der Waals surface area contributed by atoms with Gasteiger partial charge in [-0.05, 0) is 12.8 Å². The van der Waals surface area contributed by atoms with Gasteiger partial charge < -0.3 is 10.1 Å². The molecule has 1 aromatic rings. The zero-order valence-corrected chi connectivity index (χ0v) is 10.1. The standard InChI is InChI=1S/C9H15N3O2S/c1-5(2)7(8(13)14-4)10-9-12-11-6(3)15-9/h5,7H,1-4H3,(H,10,12). The van der Waals surface area contributed by atoms with Crippen molar-refractivity contribution in [1.82, 2.24) is 10.2 Å². The molecule has 0 aromatic carbocycles. The second-order valence-corrected chi connectivity index (χ2v) is 4.70. The summed E-state index contributed by atoms with van der Waals surface area (Å²) in [5.74, 6) is -0.139. The molecule has 6 heteroatoms. The van der Waals surface area contributed by atoms with Gasteiger partial charge in [0, 0.05) is 0 Å². The van der Waals surface area contributed by atoms with Crippen molar-refractivity contribution in [2.45, 2.75) is 26.8 Å². The van der Waals surface area contributed by atoms with E-state index in [0.717, 1.165) is 5.01 Å². The number of hydrogen-bond donors (Lipinski definition) is 1. The van der Waals surface area contributed by atoms with Crippen molar-refractivity contribution in [3.8, 4) is 0 Å². The van der Waals surface area contributed by atoms with E-state index in [1.54, 1.807) is 0 Å². The first kappa shape index (κ1) is 11.9. The van der Waals surface area contributed by atoms with E-state index in [4.69, 9.17) is 4.74 Å². The number of carbonyl (C=O) groups is 1. The molecule has 1 unspecified atom stereocenters. The third kappa shape index (κ3) is 3.16. The molecule has 5 nitrogen and oxygen atoms in total. The number of ether oxygens (including phenoxy) is 1. The molecule has 1 N–H and O–H groups in total. The number of methoxy groups -OCH3 is 1. The zero-order chi connectivity index (χ0) is 11.4. The Bertz CT molecular complexity index is 338. The molecule has 0 spiro atoms. The number of aryl methyl sites for hydroxylation is 1. The molecule has 1 rings (SSSR count). The molecule has 1 aromatic heterocycles. The van der Waals surface area contributed by atoms with Crippen molar-refractivity contribution in [1.29, 1.82) is 0 Å². The molecule has 0 aliphatic carbocycles. The molecule has 0 aliphatic heterocycles. The highest BCUT2D eigenvalue weighted by Gasteiger charge is 2.23. The summed E-state index contributed by atoms with van der Waals surface area (Å²) in [5, 5.41) is 12.3. The monoisotopic (exact) mass is 229 g/mol. The quantitative estimate of drug-likeness (QED) is 0.792. The van der Waals surface area contributed by atoms with Crippen LogP contribution in [0.1, 0.15) is 18.9 Å². The number of anilines is 1. The molecule has 0 fully saturated rings. The Labute approximate surface area is 92.9 Å². The average molecular weight is 229 g/mol. The molecular weight excluding hydrogens is 214 g/mol. The maximum atomic E-state index is 11.4. The predicted octanol–water partition coefficient (Wildman–Crippen LogP) is 1.46. The smallest absolute Gasteiger partial charge is 0.328 e. The first-order chi connectivity index (χ1) is 7.04. The zero-order valence-electron chi connectivity index (χ0n) is 9.27. The van der Waals surface area contributed by atoms with Gasteiger partial charge in [-0.25, -0.2) is 4.79 Å². The van der Waals surface area contributed by atoms with Gasteiger partial charge in [0.05, 0.1) is 7.11 Å². The van der Waals surface area contributed by atoms with Crippen LogP contribution in [0.5, 0.6) is 0 Å². The maximum absolute atomic E-state index is 11.4. The summed E-state index contributed by atoms with van der Waals surface area (Å²) in [5.41, 5.74) is 0. The van der Waals surface area contributed by atoms with Crippen LogP contribution in [-0.2, 0) is 9.53 Å². The lowest BCUT2D eigenvalue weighted by Crippen LogP contribution is -2.35. The van der Waals surface area contributed by atoms with E-state index in [9.17, 15) is 4.79 Å². The van der Waals surface area contributed by atoms with Crippen LogP contribution in [-0.4, -0.2) is 29.3 Å². The Morgan fingerprint density at radius 3 is 2.53 bits per heavy atom. The Hall–Kier alpha value is -1.17. The SMILES string of the molecule is COC(=O)C(Nc1nnc(C)s1)C(C)C. The van der Waals surface area contributed by atoms with Gasteiger partial charge in [-0.1, -0.05) is 25.2 Å². The van der Waals surface area contributed by atoms with Gasteiger partial charge in [0.2, 0.25) is 5.13 Å². The summed E-state index contributed by atoms with van der Waals surface area (Å²) in [6.45, 7) is 5.76. The fourth-order valence-electron chi connectivity index (χ4n) is 1.11. The maximum Gasteiger partial charge on any atom is 0.328 e. The molecular formula is C9H15N3O2S. The van der Waals surface area contributed by atoms with E-state index in [0.29, 0.717) is 5.13 Å². The molecule has 0 amide bonds. The molecule has 1 heterocycles. The molecule has 84 valence electrons. The third-order valence-electron chi connectivity index (χ3n) is 1.93. The van der Waals surface area contributed by atoms with Gasteiger partial charge in [-0.15, -0.1) is 10.2 Å². The largest absolute Gasteiger partial charge is 0.467 e. The first-order valence-electron chi connectivity index (χ1n) is 4.69. The number of nitrogens with one attached hydrogen (secondary N) is 1. The van der Waals surface area contributed by atoms with Crippen LogP contribution >= 0.6 is 11.3 Å². The Morgan fingerprint density at radius 2 is 2.13 bits per heavy atom. The van der Waals surface area contributed by atoms with Gasteiger partial charge in [0.25, 0.3) is 0 Å². The summed E-state index contributed by atoms with van der Waals surface area (Å²) in [6.07, 6.45) is 0. The minimum Gasteiger partial charge on any atom is -0.467 e. The number of rotatable bonds is 4. The highest BCUT2D eigenvalue weighted by atomic mass is 32.1. The average Bonchev–Trinajstić information content (AvgIpc) is 2.59. The van der Waals surface area contributed by atoms with Crippen LogP contribution < -0.4 is 5.32 Å². The van der Waals surface area contributed by atoms with E-state index < -0.39 is 0 Å². The van der Waals surface area contributed by atoms with Crippen molar-refractivity contribution in [2.24, 2.45) is 5.92 Å². The van der Waals surface area contributed by atoms with Gasteiger partial charge in [0.15, 0.2) is 0 Å². The minimum atomic E-state index is -0.373. The normalized spacial score (nSPS) is 12.6. The molecule has 0 bridgehead atoms. The fraction of sp³-hybridized carbons (Fsp3) is 0.667. The minimum absolute atomic E-state index is 0.140. The number of nitrogens with zero attached hydrogens (tertiary/aromatic N) is 2. The number of aromatic nitrogens is 2. The third-order valence-corrected chi connectivity index (χ3v) is 2.70. The van der Waals surface area contributed by atoms with E-state index >= 15 is 0 Å². The van der Waals surface area contributed by atoms with Crippen molar-refractivity contribution >= 4 is 22.4 Å². The summed E-state index contributed by atoms with van der Waals surface area (Å²) in [4.78, 5) is 11.4. The van der Waals surface area contributed by atoms with Crippen molar-refractivity contribution in [3.05, 3.63) is 5.01 Å². The van der Waals surface area contributed by atoms with E-state index in [1.807, 2.05) is 20.8 Å². The number of hydrogen-bond acceptors (Lipinski definition) is 6. The topological polar surface area (TPSA) is 64.1 Å². The fourth-order valence-corrected chi connectivity index (χ4v) is 1.74. The van der Waals surface area contributed by atoms with E-state index in [2.05, 4.69) is 15.5 Å². The van der Waals surface area contributed by atoms with Gasteiger partial charge in [0.1, 0.15) is 11.0 Å². The van der Waals surface area contributed by atoms with Crippen LogP contribution in [0.25, 0.3) is 0 Å². The van der Waals surface area contributed by atoms with Crippen molar-refractivity contribution in [3.63, 3.8) is 0 Å². The summed E-state index contributed by atoms with van der Waals surface area (Å²) < 4.78 is 4.71. The summed E-state index contributed by atoms with van der Waals surface area (Å²) >= 11 is 1.42. The predicted molar refractivity (Wildman–Crippen MR) is 58.9 cm³/mol. The lowest BCUT2D eigenvalue weighted by molar-refractivity contribution is -0.142. The summed E-state index contributed by atoms with van der Waals surface area (Å²) in [7, 11) is 1.38. The molecule has 15 heavy (non-hydrogen) atoms. The second kappa shape index (κ2) is 5.06. The number of esters is 1. The van der Waals surface area contributed by atoms with Crippen LogP contribution in [0.4, 0.5) is 5.13 Å². The molecule has 1 atom stereocenters. The Kier molecular flexibility index (Phi) is 4.02. The molecule has 0 saturated carbocycles. The van der Waals surface area contributed by atoms with Crippen LogP contribution in [0.3, 0.4) is 0 Å². The van der Waals surface area contributed by atoms with Gasteiger partial charge >= 0.3 is 5.97 Å². The highest BCUT2D eigenvalue weighted by Crippen LogP contribution is 2.17. The van der Waals surface area contributed by atoms with Crippen molar-refractivity contribution in [2.75, 3.05) is 12.4 Å². The lowest BCUT2D eigenvalue weighted by atomic mass is 10.1. The highest BCUT2D eigenvalue weighted by molar-refractivity contribution is 7.15. The lowest BCUT2D eigenvalue weighted by Gasteiger charge is -2.18. The van der Waals surface area contributed by atoms with E-state index in [1.165, 1.54) is 18.4 Å². The molecule has 0 radical (unpaired) electrons. The van der Waals surface area contributed by atoms with Crippen molar-refractivity contribution < 1.29 is 9.53 Å². The van der Waals surface area contributed by atoms with Crippen LogP contribution in [0, 0.1) is 12.8 Å². The Balaban J connectivity index is 2.71. The van der Waals surface area contributed by atoms with Crippen LogP contribution in [0.15, 0.2) is 0 Å². The van der Waals surface area contributed by atoms with Crippen LogP contribution in [0.2, 0.25) is 0 Å². The summed E-state index contributed by atoms with van der Waals surface area (Å²) in [6, 6.07) is -0.373. The number of carbonyl (C=O) groups excluding carboxylic acids is 1. The second-order valence-electron chi connectivity index (χ2n) is 3.52. The molecule has 0 saturated heterocycles. The van der Waals surface area contributed by atoms with E-state index in [-0.39, 0.29) is 17.9 Å². The van der Waals surface area contributed by atoms with Gasteiger partial charge in [-0.2, -0.15) is 0 Å². The Morgan fingerprint density at radius 1 is 1.47 bits per heavy atom.